The lowest BCUT2D eigenvalue weighted by atomic mass is 9.94. The lowest BCUT2D eigenvalue weighted by Crippen LogP contribution is -2.69. The molecule has 0 aliphatic carbocycles. The van der Waals surface area contributed by atoms with Crippen LogP contribution in [0.5, 0.6) is 0 Å². The van der Waals surface area contributed by atoms with Crippen LogP contribution < -0.4 is 16.6 Å². The van der Waals surface area contributed by atoms with Gasteiger partial charge in [-0.3, -0.25) is 18.7 Å². The van der Waals surface area contributed by atoms with Crippen molar-refractivity contribution in [2.45, 2.75) is 259 Å². The summed E-state index contributed by atoms with van der Waals surface area (Å²) in [6, 6.07) is 6.42. The summed E-state index contributed by atoms with van der Waals surface area (Å²) >= 11 is 0. The van der Waals surface area contributed by atoms with E-state index in [2.05, 4.69) is 15.3 Å². The molecule has 30 aliphatic heterocycles. The van der Waals surface area contributed by atoms with Crippen LogP contribution in [-0.4, -0.2) is 441 Å². The summed E-state index contributed by atoms with van der Waals surface area (Å²) in [4.78, 5) is 49.6. The molecular weight excluding hydrogens is 1490 g/mol. The molecule has 1 amide bonds. The van der Waals surface area contributed by atoms with Gasteiger partial charge in [-0.1, -0.05) is 12.1 Å². The van der Waals surface area contributed by atoms with E-state index in [9.17, 15) is 132 Å². The number of aryl methyl sites for hydroxylation is 1. The van der Waals surface area contributed by atoms with Crippen molar-refractivity contribution in [1.29, 1.82) is 0 Å². The van der Waals surface area contributed by atoms with Gasteiger partial charge in [0, 0.05) is 26.6 Å². The van der Waals surface area contributed by atoms with Crippen LogP contribution in [0.15, 0.2) is 33.9 Å². The number of aliphatic hydroxyl groups is 23. The van der Waals surface area contributed by atoms with Crippen LogP contribution in [0, 0.1) is 0 Å². The normalized spacial score (nSPS) is 47.0. The van der Waals surface area contributed by atoms with Gasteiger partial charge in [-0.15, -0.1) is 0 Å². The number of amides is 1. The van der Waals surface area contributed by atoms with Crippen LogP contribution in [0.25, 0.3) is 22.2 Å². The highest BCUT2D eigenvalue weighted by Crippen LogP contribution is 2.40. The topological polar surface area (TPSA) is 712 Å². The Morgan fingerprint density at radius 3 is 0.826 bits per heavy atom. The number of rotatable bonds is 12. The van der Waals surface area contributed by atoms with Crippen molar-refractivity contribution in [2.75, 3.05) is 52.8 Å². The van der Waals surface area contributed by atoms with Gasteiger partial charge in [-0.25, -0.2) is 14.8 Å². The number of nitrogens with zero attached hydrogens (tertiary/aromatic N) is 4. The number of hydrogen-bond donors (Lipinski definition) is 24. The number of benzene rings is 1. The molecule has 47 heteroatoms. The maximum Gasteiger partial charge on any atom is 0.332 e. The number of aliphatic hydroxyl groups excluding tert-OH is 23. The molecule has 40 atom stereocenters. The molecule has 30 saturated heterocycles. The first-order chi connectivity index (χ1) is 52.0. The molecule has 30 aliphatic rings. The highest BCUT2D eigenvalue weighted by atomic mass is 16.8. The number of carbonyl (C=O) groups excluding carboxylic acids is 1. The first-order valence-electron chi connectivity index (χ1n) is 34.8. The smallest absolute Gasteiger partial charge is 0.332 e. The van der Waals surface area contributed by atoms with Gasteiger partial charge in [-0.2, -0.15) is 0 Å². The molecule has 3 aromatic rings. The molecule has 2 aromatic heterocycles. The standard InChI is InChI=1S/C62H91N5O42/c1-66-53(92)27-52(65-17-5-3-2-4-16(17)64-27)67(62(66)93)7-6-26(75)63-8-18-44-28(76)36(84)54(94-18)103-45-19(9-68)96-56(38(86)30(45)78)105-47-21(11-70)98-58(40(88)32(47)80)107-49-23(13-72)100-60(42(90)34(49)82)109-51-25(15-74)101-61(43(91)35(51)83)108-50-24(14-73)99-59(41(89)33(50)81)106-48-22(12-71)97-57(39(87)31(48)79)104-46-20(10-69)95-55(102-44)37(85)29(46)77/h2-5,18-25,28-51,54-61,68-74,76-91H,6-15H2,1H3,(H,63,75). The van der Waals surface area contributed by atoms with Crippen LogP contribution >= 0.6 is 0 Å². The maximum atomic E-state index is 14.0. The van der Waals surface area contributed by atoms with Crippen LogP contribution in [-0.2, 0) is 94.2 Å². The van der Waals surface area contributed by atoms with Crippen molar-refractivity contribution in [1.82, 2.24) is 24.4 Å². The minimum Gasteiger partial charge on any atom is -0.394 e. The highest BCUT2D eigenvalue weighted by molar-refractivity contribution is 5.84. The van der Waals surface area contributed by atoms with Crippen LogP contribution in [0.2, 0.25) is 0 Å². The maximum absolute atomic E-state index is 14.0. The van der Waals surface area contributed by atoms with Crippen molar-refractivity contribution in [2.24, 2.45) is 7.05 Å². The zero-order chi connectivity index (χ0) is 78.6. The minimum absolute atomic E-state index is 0.185. The molecule has 33 rings (SSSR count). The average Bonchev–Trinajstić information content (AvgIpc) is 0.783. The molecule has 0 saturated carbocycles. The second kappa shape index (κ2) is 35.2. The third kappa shape index (κ3) is 16.4. The van der Waals surface area contributed by atoms with Gasteiger partial charge in [-0.05, 0) is 12.1 Å². The molecular formula is C62H91N5O42. The summed E-state index contributed by atoms with van der Waals surface area (Å²) < 4.78 is 94.7. The quantitative estimate of drug-likeness (QED) is 0.0749. The predicted octanol–water partition coefficient (Wildman–Crippen LogP) is -17.2. The summed E-state index contributed by atoms with van der Waals surface area (Å²) in [5, 5.41) is 263. The zero-order valence-corrected chi connectivity index (χ0v) is 57.3. The van der Waals surface area contributed by atoms with E-state index in [-0.39, 0.29) is 16.7 Å². The van der Waals surface area contributed by atoms with Crippen LogP contribution in [0.3, 0.4) is 0 Å². The Morgan fingerprint density at radius 2 is 0.578 bits per heavy atom. The molecule has 32 heterocycles. The number of para-hydroxylation sites is 2. The zero-order valence-electron chi connectivity index (χ0n) is 57.3. The summed E-state index contributed by atoms with van der Waals surface area (Å²) in [5.74, 6) is -0.897. The van der Waals surface area contributed by atoms with Gasteiger partial charge >= 0.3 is 5.69 Å². The van der Waals surface area contributed by atoms with Crippen molar-refractivity contribution in [3.05, 3.63) is 45.1 Å². The molecule has 109 heavy (non-hydrogen) atoms. The number of aromatic nitrogens is 4. The third-order valence-corrected chi connectivity index (χ3v) is 20.6. The fourth-order valence-corrected chi connectivity index (χ4v) is 14.5. The van der Waals surface area contributed by atoms with Gasteiger partial charge < -0.3 is 199 Å². The Kier molecular flexibility index (Phi) is 27.1. The molecule has 0 radical (unpaired) electrons. The van der Waals surface area contributed by atoms with E-state index in [1.165, 1.54) is 7.05 Å². The van der Waals surface area contributed by atoms with Gasteiger partial charge in [0.15, 0.2) is 61.5 Å². The van der Waals surface area contributed by atoms with Crippen molar-refractivity contribution >= 4 is 28.1 Å². The van der Waals surface area contributed by atoms with E-state index < -0.39 is 329 Å². The number of ether oxygens (including phenoxy) is 16. The minimum atomic E-state index is -2.38. The Balaban J connectivity index is 0.822. The van der Waals surface area contributed by atoms with Gasteiger partial charge in [0.25, 0.3) is 5.56 Å². The second-order valence-corrected chi connectivity index (χ2v) is 27.5. The summed E-state index contributed by atoms with van der Waals surface area (Å²) in [6.07, 6.45) is -85.4. The second-order valence-electron chi connectivity index (χ2n) is 27.5. The molecule has 1 aromatic carbocycles. The predicted molar refractivity (Wildman–Crippen MR) is 338 cm³/mol. The number of nitrogens with one attached hydrogen (secondary N) is 1. The average molecular weight is 1580 g/mol. The fraction of sp³-hybridized carbons (Fsp3) is 0.823. The van der Waals surface area contributed by atoms with Crippen LogP contribution in [0.1, 0.15) is 6.42 Å². The summed E-state index contributed by atoms with van der Waals surface area (Å²) in [7, 11) is 1.17. The lowest BCUT2D eigenvalue weighted by Gasteiger charge is -2.50. The molecule has 0 spiro atoms. The lowest BCUT2D eigenvalue weighted by molar-refractivity contribution is -0.403. The van der Waals surface area contributed by atoms with Crippen molar-refractivity contribution in [3.63, 3.8) is 0 Å². The van der Waals surface area contributed by atoms with E-state index in [1.807, 2.05) is 0 Å². The first kappa shape index (κ1) is 83.8. The molecule has 16 bridgehead atoms. The van der Waals surface area contributed by atoms with Crippen molar-refractivity contribution < 1.29 is 198 Å². The van der Waals surface area contributed by atoms with Gasteiger partial charge in [0.05, 0.1) is 57.3 Å². The SMILES string of the molecule is Cn1c(=O)c2nc3ccccc3nc2n(CCC(=O)NCC2OC3OC4C(CO)OC(OC5C(CO)OC(OC6C(CO)OC(OC7C(CO)OC(OC8C(CO)OC(OC9C(CO)OC(OC%10C(CO)OC(OC2C(O)C3O)C(O)C%10O)C(O)C9O)C(O)C8O)C(O)C7O)C(O)C6O)C(O)C5O)C(O)C4O)c1=O. The number of carbonyl (C=O) groups is 1. The van der Waals surface area contributed by atoms with E-state index in [0.717, 1.165) is 9.13 Å². The summed E-state index contributed by atoms with van der Waals surface area (Å²) in [6.45, 7) is -9.16. The third-order valence-electron chi connectivity index (χ3n) is 20.6. The molecule has 30 fully saturated rings. The monoisotopic (exact) mass is 1580 g/mol. The van der Waals surface area contributed by atoms with E-state index in [1.54, 1.807) is 24.3 Å². The molecule has 616 valence electrons. The van der Waals surface area contributed by atoms with Crippen LogP contribution in [0.4, 0.5) is 0 Å². The Labute approximate surface area is 612 Å². The molecule has 47 nitrogen and oxygen atoms in total. The fourth-order valence-electron chi connectivity index (χ4n) is 14.5. The Hall–Kier alpha value is -4.59. The molecule has 24 N–H and O–H groups in total. The van der Waals surface area contributed by atoms with Gasteiger partial charge in [0.2, 0.25) is 5.91 Å². The first-order valence-corrected chi connectivity index (χ1v) is 34.8. The molecule has 40 unspecified atom stereocenters. The highest BCUT2D eigenvalue weighted by Gasteiger charge is 2.61. The number of hydrogen-bond acceptors (Lipinski definition) is 44. The van der Waals surface area contributed by atoms with E-state index in [0.29, 0.717) is 5.52 Å². The van der Waals surface area contributed by atoms with Gasteiger partial charge in [0.1, 0.15) is 195 Å². The van der Waals surface area contributed by atoms with Crippen molar-refractivity contribution in [3.8, 4) is 0 Å². The Morgan fingerprint density at radius 1 is 0.349 bits per heavy atom. The largest absolute Gasteiger partial charge is 0.394 e. The Bertz CT molecular complexity index is 3620. The summed E-state index contributed by atoms with van der Waals surface area (Å²) in [5.41, 5.74) is -1.51. The van der Waals surface area contributed by atoms with E-state index >= 15 is 0 Å². The van der Waals surface area contributed by atoms with E-state index in [4.69, 9.17) is 75.8 Å². The number of fused-ring (bicyclic) bond motifs is 2.